The largest absolute Gasteiger partial charge is 0.350 e. The van der Waals surface area contributed by atoms with E-state index in [1.807, 2.05) is 38.1 Å². The topological polar surface area (TPSA) is 63.2 Å². The molecule has 0 aliphatic rings. The van der Waals surface area contributed by atoms with Gasteiger partial charge in [-0.2, -0.15) is 0 Å². The van der Waals surface area contributed by atoms with Crippen LogP contribution in [-0.4, -0.2) is 20.1 Å². The molecule has 0 heterocycles. The van der Waals surface area contributed by atoms with Crippen LogP contribution in [-0.2, 0) is 14.6 Å². The molecular formula is C18H20BrNO3S. The summed E-state index contributed by atoms with van der Waals surface area (Å²) in [7, 11) is -3.45. The van der Waals surface area contributed by atoms with Crippen molar-refractivity contribution in [1.29, 1.82) is 0 Å². The maximum Gasteiger partial charge on any atom is 0.221 e. The average Bonchev–Trinajstić information content (AvgIpc) is 2.54. The molecule has 1 N–H and O–H groups in total. The Bertz CT molecular complexity index is 816. The molecule has 2 aromatic rings. The first-order valence-corrected chi connectivity index (χ1v) is 10.1. The fourth-order valence-electron chi connectivity index (χ4n) is 2.31. The summed E-state index contributed by atoms with van der Waals surface area (Å²) in [5.74, 6) is -0.487. The summed E-state index contributed by atoms with van der Waals surface area (Å²) < 4.78 is 25.4. The summed E-state index contributed by atoms with van der Waals surface area (Å²) in [5, 5.41) is 2.84. The van der Waals surface area contributed by atoms with Crippen LogP contribution < -0.4 is 5.32 Å². The highest BCUT2D eigenvalue weighted by atomic mass is 79.9. The van der Waals surface area contributed by atoms with E-state index in [1.165, 1.54) is 0 Å². The van der Waals surface area contributed by atoms with E-state index in [1.54, 1.807) is 24.3 Å². The van der Waals surface area contributed by atoms with E-state index in [-0.39, 0.29) is 29.0 Å². The second-order valence-corrected chi connectivity index (χ2v) is 8.66. The molecule has 0 fully saturated rings. The molecule has 0 spiro atoms. The molecule has 2 rings (SSSR count). The van der Waals surface area contributed by atoms with E-state index >= 15 is 0 Å². The molecule has 0 aliphatic heterocycles. The molecule has 1 amide bonds. The van der Waals surface area contributed by atoms with Gasteiger partial charge in [-0.15, -0.1) is 0 Å². The number of halogens is 1. The van der Waals surface area contributed by atoms with Crippen molar-refractivity contribution in [2.75, 3.05) is 5.75 Å². The van der Waals surface area contributed by atoms with Gasteiger partial charge in [0.05, 0.1) is 16.7 Å². The van der Waals surface area contributed by atoms with Gasteiger partial charge >= 0.3 is 0 Å². The quantitative estimate of drug-likeness (QED) is 0.788. The molecule has 4 nitrogen and oxygen atoms in total. The predicted molar refractivity (Wildman–Crippen MR) is 98.5 cm³/mol. The minimum atomic E-state index is -3.45. The normalized spacial score (nSPS) is 12.6. The summed E-state index contributed by atoms with van der Waals surface area (Å²) in [6.45, 7) is 3.76. The van der Waals surface area contributed by atoms with Crippen LogP contribution >= 0.6 is 15.9 Å². The lowest BCUT2D eigenvalue weighted by Gasteiger charge is -2.16. The van der Waals surface area contributed by atoms with Crippen LogP contribution in [0.1, 0.15) is 30.5 Å². The number of benzene rings is 2. The molecule has 6 heteroatoms. The van der Waals surface area contributed by atoms with Crippen LogP contribution in [0.15, 0.2) is 57.9 Å². The molecule has 128 valence electrons. The van der Waals surface area contributed by atoms with Crippen LogP contribution in [0.5, 0.6) is 0 Å². The summed E-state index contributed by atoms with van der Waals surface area (Å²) in [6.07, 6.45) is -0.0645. The molecule has 0 aliphatic carbocycles. The Balaban J connectivity index is 1.95. The third-order valence-electron chi connectivity index (χ3n) is 3.73. The highest BCUT2D eigenvalue weighted by Crippen LogP contribution is 2.22. The lowest BCUT2D eigenvalue weighted by molar-refractivity contribution is -0.121. The van der Waals surface area contributed by atoms with Crippen molar-refractivity contribution in [3.05, 3.63) is 64.1 Å². The predicted octanol–water partition coefficient (Wildman–Crippen LogP) is 3.80. The van der Waals surface area contributed by atoms with Crippen LogP contribution in [0.2, 0.25) is 0 Å². The summed E-state index contributed by atoms with van der Waals surface area (Å²) in [4.78, 5) is 12.3. The van der Waals surface area contributed by atoms with E-state index in [9.17, 15) is 13.2 Å². The zero-order valence-corrected chi connectivity index (χ0v) is 16.0. The Hall–Kier alpha value is -1.66. The average molecular weight is 410 g/mol. The van der Waals surface area contributed by atoms with Crippen LogP contribution in [0.25, 0.3) is 0 Å². The van der Waals surface area contributed by atoms with Crippen molar-refractivity contribution in [3.63, 3.8) is 0 Å². The van der Waals surface area contributed by atoms with Crippen molar-refractivity contribution in [3.8, 4) is 0 Å². The maximum atomic E-state index is 12.3. The molecule has 0 radical (unpaired) electrons. The molecule has 2 aromatic carbocycles. The lowest BCUT2D eigenvalue weighted by Crippen LogP contribution is -2.28. The third kappa shape index (κ3) is 4.92. The highest BCUT2D eigenvalue weighted by Gasteiger charge is 2.18. The Morgan fingerprint density at radius 1 is 1.12 bits per heavy atom. The van der Waals surface area contributed by atoms with Gasteiger partial charge in [-0.05, 0) is 37.6 Å². The SMILES string of the molecule is Cc1ccc(S(=O)(=O)CCC(=O)NC(C)c2ccccc2Br)cc1. The van der Waals surface area contributed by atoms with Crippen molar-refractivity contribution < 1.29 is 13.2 Å². The van der Waals surface area contributed by atoms with Crippen molar-refractivity contribution >= 4 is 31.7 Å². The maximum absolute atomic E-state index is 12.3. The first kappa shape index (κ1) is 18.7. The van der Waals surface area contributed by atoms with E-state index in [0.717, 1.165) is 15.6 Å². The fraction of sp³-hybridized carbons (Fsp3) is 0.278. The van der Waals surface area contributed by atoms with E-state index in [4.69, 9.17) is 0 Å². The van der Waals surface area contributed by atoms with Gasteiger partial charge < -0.3 is 5.32 Å². The van der Waals surface area contributed by atoms with Gasteiger partial charge in [0, 0.05) is 10.9 Å². The van der Waals surface area contributed by atoms with E-state index in [0.29, 0.717) is 0 Å². The van der Waals surface area contributed by atoms with E-state index < -0.39 is 9.84 Å². The Morgan fingerprint density at radius 3 is 2.38 bits per heavy atom. The number of hydrogen-bond acceptors (Lipinski definition) is 3. The Morgan fingerprint density at radius 2 is 1.75 bits per heavy atom. The molecule has 0 bridgehead atoms. The van der Waals surface area contributed by atoms with Gasteiger partial charge in [0.25, 0.3) is 0 Å². The van der Waals surface area contributed by atoms with Crippen molar-refractivity contribution in [2.45, 2.75) is 31.2 Å². The number of carbonyl (C=O) groups is 1. The Kier molecular flexibility index (Phi) is 6.18. The standard InChI is InChI=1S/C18H20BrNO3S/c1-13-7-9-15(10-8-13)24(22,23)12-11-18(21)20-14(2)16-5-3-4-6-17(16)19/h3-10,14H,11-12H2,1-2H3,(H,20,21). The van der Waals surface area contributed by atoms with Gasteiger partial charge in [0.15, 0.2) is 9.84 Å². The second kappa shape index (κ2) is 7.94. The number of rotatable bonds is 6. The van der Waals surface area contributed by atoms with Gasteiger partial charge in [0.1, 0.15) is 0 Å². The van der Waals surface area contributed by atoms with Gasteiger partial charge in [0.2, 0.25) is 5.91 Å². The monoisotopic (exact) mass is 409 g/mol. The summed E-state index contributed by atoms with van der Waals surface area (Å²) in [6, 6.07) is 14.1. The molecule has 0 saturated carbocycles. The van der Waals surface area contributed by atoms with Crippen LogP contribution in [0, 0.1) is 6.92 Å². The van der Waals surface area contributed by atoms with Crippen LogP contribution in [0.3, 0.4) is 0 Å². The zero-order chi connectivity index (χ0) is 17.7. The smallest absolute Gasteiger partial charge is 0.221 e. The fourth-order valence-corrected chi connectivity index (χ4v) is 4.18. The molecule has 0 aromatic heterocycles. The number of sulfone groups is 1. The molecule has 24 heavy (non-hydrogen) atoms. The van der Waals surface area contributed by atoms with Crippen molar-refractivity contribution in [1.82, 2.24) is 5.32 Å². The number of nitrogens with one attached hydrogen (secondary N) is 1. The minimum Gasteiger partial charge on any atom is -0.350 e. The van der Waals surface area contributed by atoms with E-state index in [2.05, 4.69) is 21.2 Å². The molecule has 0 saturated heterocycles. The Labute approximate surface area is 151 Å². The summed E-state index contributed by atoms with van der Waals surface area (Å²) >= 11 is 3.45. The minimum absolute atomic E-state index is 0.0645. The second-order valence-electron chi connectivity index (χ2n) is 5.69. The molecular weight excluding hydrogens is 390 g/mol. The van der Waals surface area contributed by atoms with Gasteiger partial charge in [-0.1, -0.05) is 51.8 Å². The zero-order valence-electron chi connectivity index (χ0n) is 13.6. The number of aryl methyl sites for hydroxylation is 1. The van der Waals surface area contributed by atoms with Crippen molar-refractivity contribution in [2.24, 2.45) is 0 Å². The number of carbonyl (C=O) groups excluding carboxylic acids is 1. The first-order valence-electron chi connectivity index (χ1n) is 7.63. The van der Waals surface area contributed by atoms with Gasteiger partial charge in [-0.3, -0.25) is 4.79 Å². The first-order chi connectivity index (χ1) is 11.3. The summed E-state index contributed by atoms with van der Waals surface area (Å²) in [5.41, 5.74) is 1.95. The highest BCUT2D eigenvalue weighted by molar-refractivity contribution is 9.10. The number of amides is 1. The third-order valence-corrected chi connectivity index (χ3v) is 6.18. The lowest BCUT2D eigenvalue weighted by atomic mass is 10.1. The van der Waals surface area contributed by atoms with Gasteiger partial charge in [-0.25, -0.2) is 8.42 Å². The number of hydrogen-bond donors (Lipinski definition) is 1. The van der Waals surface area contributed by atoms with Crippen LogP contribution in [0.4, 0.5) is 0 Å². The molecule has 1 atom stereocenters. The molecule has 1 unspecified atom stereocenters.